The lowest BCUT2D eigenvalue weighted by molar-refractivity contribution is 0.0617. The van der Waals surface area contributed by atoms with E-state index in [1.165, 1.54) is 30.3 Å². The molecule has 7 aromatic rings. The molecular formula is C40H28N6O6. The van der Waals surface area contributed by atoms with Crippen molar-refractivity contribution in [3.8, 4) is 0 Å². The number of para-hydroxylation sites is 1. The Hall–Kier alpha value is -7.08. The normalized spacial score (nSPS) is 14.1. The Labute approximate surface area is 293 Å². The molecule has 0 bridgehead atoms. The topological polar surface area (TPSA) is 193 Å². The number of pyridine rings is 2. The van der Waals surface area contributed by atoms with Crippen LogP contribution in [0.25, 0.3) is 43.6 Å². The molecule has 0 saturated heterocycles. The van der Waals surface area contributed by atoms with Crippen LogP contribution < -0.4 is 22.3 Å². The first-order valence-electron chi connectivity index (χ1n) is 16.5. The Kier molecular flexibility index (Phi) is 6.37. The van der Waals surface area contributed by atoms with Gasteiger partial charge in [-0.1, -0.05) is 12.1 Å². The van der Waals surface area contributed by atoms with E-state index in [9.17, 15) is 28.8 Å². The van der Waals surface area contributed by atoms with Crippen LogP contribution in [0, 0.1) is 13.8 Å². The number of aromatic nitrogens is 2. The van der Waals surface area contributed by atoms with Gasteiger partial charge in [-0.05, 0) is 91.2 Å². The van der Waals surface area contributed by atoms with Crippen molar-refractivity contribution in [1.82, 2.24) is 19.8 Å². The quantitative estimate of drug-likeness (QED) is 0.112. The number of nitrogens with two attached hydrogens (primary N) is 2. The number of carbonyl (C=O) groups is 4. The molecule has 0 saturated carbocycles. The number of fused-ring (bicyclic) bond motifs is 6. The van der Waals surface area contributed by atoms with E-state index in [-0.39, 0.29) is 46.2 Å². The summed E-state index contributed by atoms with van der Waals surface area (Å²) < 4.78 is 0. The molecule has 0 radical (unpaired) electrons. The fourth-order valence-electron chi connectivity index (χ4n) is 7.69. The number of benzene rings is 5. The summed E-state index contributed by atoms with van der Waals surface area (Å²) in [5.41, 5.74) is 16.5. The number of hydrogen-bond donors (Lipinski definition) is 4. The number of amides is 4. The number of carbonyl (C=O) groups excluding carboxylic acids is 4. The van der Waals surface area contributed by atoms with Crippen LogP contribution in [-0.2, 0) is 13.1 Å². The van der Waals surface area contributed by atoms with Crippen LogP contribution in [0.15, 0.2) is 82.4 Å². The lowest BCUT2D eigenvalue weighted by Crippen LogP contribution is -2.33. The standard InChI is InChI=1S/C40H28N6O6/c1-17-18(2)33-34(44-32-13-26-31(14-27(32)36(33)48)43-30-6-4-3-5-23(30)35(26)47)29(16-46-38(50)22-10-8-20(42)12-25(22)40(46)52)28(17)15-45-37(49)21-9-7-19(41)11-24(21)39(45)51/h3-14H,15-16,41-42H2,1-2H3,(H,43,47)(H,44,48). The second-order valence-electron chi connectivity index (χ2n) is 13.4. The number of nitrogens with one attached hydrogen (secondary N) is 2. The maximum atomic E-state index is 14.5. The smallest absolute Gasteiger partial charge is 0.261 e. The Balaban J connectivity index is 1.30. The summed E-state index contributed by atoms with van der Waals surface area (Å²) in [6.07, 6.45) is 0. The summed E-state index contributed by atoms with van der Waals surface area (Å²) in [5, 5.41) is 1.47. The van der Waals surface area contributed by atoms with Crippen LogP contribution in [0.4, 0.5) is 11.4 Å². The molecule has 4 amide bonds. The van der Waals surface area contributed by atoms with Crippen LogP contribution in [0.2, 0.25) is 0 Å². The lowest BCUT2D eigenvalue weighted by Gasteiger charge is -2.25. The summed E-state index contributed by atoms with van der Waals surface area (Å²) in [6.45, 7) is 3.04. The molecule has 12 heteroatoms. The van der Waals surface area contributed by atoms with Gasteiger partial charge in [-0.25, -0.2) is 0 Å². The molecule has 5 aromatic carbocycles. The fraction of sp³-hybridized carbons (Fsp3) is 0.100. The molecule has 4 heterocycles. The first kappa shape index (κ1) is 30.9. The number of nitrogens with zero attached hydrogens (tertiary/aromatic N) is 2. The highest BCUT2D eigenvalue weighted by molar-refractivity contribution is 6.22. The summed E-state index contributed by atoms with van der Waals surface area (Å²) in [5.74, 6) is -2.20. The zero-order valence-electron chi connectivity index (χ0n) is 27.8. The Morgan fingerprint density at radius 2 is 1.04 bits per heavy atom. The lowest BCUT2D eigenvalue weighted by atomic mass is 9.90. The van der Waals surface area contributed by atoms with Crippen LogP contribution in [0.5, 0.6) is 0 Å². The summed E-state index contributed by atoms with van der Waals surface area (Å²) >= 11 is 0. The van der Waals surface area contributed by atoms with Gasteiger partial charge in [-0.3, -0.25) is 38.6 Å². The van der Waals surface area contributed by atoms with Gasteiger partial charge in [0.15, 0.2) is 10.9 Å². The highest BCUT2D eigenvalue weighted by Crippen LogP contribution is 2.36. The predicted octanol–water partition coefficient (Wildman–Crippen LogP) is 5.05. The predicted molar refractivity (Wildman–Crippen MR) is 197 cm³/mol. The highest BCUT2D eigenvalue weighted by atomic mass is 16.2. The number of imide groups is 2. The summed E-state index contributed by atoms with van der Waals surface area (Å²) in [7, 11) is 0. The number of anilines is 2. The summed E-state index contributed by atoms with van der Waals surface area (Å²) in [4.78, 5) is 91.8. The van der Waals surface area contributed by atoms with Gasteiger partial charge in [0.05, 0.1) is 51.9 Å². The molecule has 9 rings (SSSR count). The van der Waals surface area contributed by atoms with Crippen molar-refractivity contribution < 1.29 is 19.2 Å². The van der Waals surface area contributed by atoms with Crippen molar-refractivity contribution in [1.29, 1.82) is 0 Å². The zero-order chi connectivity index (χ0) is 36.3. The largest absolute Gasteiger partial charge is 0.399 e. The zero-order valence-corrected chi connectivity index (χ0v) is 27.8. The fourth-order valence-corrected chi connectivity index (χ4v) is 7.69. The van der Waals surface area contributed by atoms with E-state index in [4.69, 9.17) is 11.5 Å². The van der Waals surface area contributed by atoms with E-state index in [0.717, 1.165) is 9.80 Å². The van der Waals surface area contributed by atoms with E-state index in [1.54, 1.807) is 50.2 Å². The van der Waals surface area contributed by atoms with Gasteiger partial charge in [0.1, 0.15) is 0 Å². The Morgan fingerprint density at radius 1 is 0.519 bits per heavy atom. The molecule has 0 spiro atoms. The third-order valence-electron chi connectivity index (χ3n) is 10.5. The number of aromatic amines is 2. The van der Waals surface area contributed by atoms with Crippen molar-refractivity contribution in [3.05, 3.63) is 138 Å². The minimum absolute atomic E-state index is 0.148. The Morgan fingerprint density at radius 3 is 1.65 bits per heavy atom. The molecule has 12 nitrogen and oxygen atoms in total. The number of H-pyrrole nitrogens is 2. The maximum Gasteiger partial charge on any atom is 0.261 e. The number of hydrogen-bond acceptors (Lipinski definition) is 8. The Bertz CT molecular complexity index is 3000. The second-order valence-corrected chi connectivity index (χ2v) is 13.4. The van der Waals surface area contributed by atoms with Crippen LogP contribution in [0.3, 0.4) is 0 Å². The van der Waals surface area contributed by atoms with Gasteiger partial charge in [0, 0.05) is 44.0 Å². The van der Waals surface area contributed by atoms with E-state index >= 15 is 0 Å². The molecule has 0 aliphatic carbocycles. The second kappa shape index (κ2) is 10.7. The van der Waals surface area contributed by atoms with Crippen molar-refractivity contribution in [2.24, 2.45) is 0 Å². The molecule has 0 fully saturated rings. The summed E-state index contributed by atoms with van der Waals surface area (Å²) in [6, 6.07) is 19.4. The van der Waals surface area contributed by atoms with Crippen molar-refractivity contribution in [2.45, 2.75) is 26.9 Å². The van der Waals surface area contributed by atoms with Crippen LogP contribution in [-0.4, -0.2) is 43.4 Å². The van der Waals surface area contributed by atoms with Crippen molar-refractivity contribution >= 4 is 78.6 Å². The molecule has 0 unspecified atom stereocenters. The molecule has 2 aliphatic rings. The van der Waals surface area contributed by atoms with E-state index < -0.39 is 23.6 Å². The highest BCUT2D eigenvalue weighted by Gasteiger charge is 2.39. The minimum Gasteiger partial charge on any atom is -0.399 e. The minimum atomic E-state index is -0.576. The van der Waals surface area contributed by atoms with E-state index in [2.05, 4.69) is 9.97 Å². The molecule has 0 atom stereocenters. The van der Waals surface area contributed by atoms with Gasteiger partial charge < -0.3 is 21.4 Å². The average molecular weight is 689 g/mol. The third kappa shape index (κ3) is 4.21. The monoisotopic (exact) mass is 688 g/mol. The SMILES string of the molecule is Cc1c(CN2C(=O)c3ccc(N)cc3C2=O)c(CN2C(=O)c3ccc(N)cc3C2=O)c2[nH]c3cc4c(=O)c5ccccc5[nH]c4cc3c(=O)c2c1C. The van der Waals surface area contributed by atoms with E-state index in [0.29, 0.717) is 77.2 Å². The number of rotatable bonds is 4. The molecule has 6 N–H and O–H groups in total. The number of aryl methyl sites for hydroxylation is 1. The first-order chi connectivity index (χ1) is 24.9. The molecule has 2 aromatic heterocycles. The molecule has 254 valence electrons. The maximum absolute atomic E-state index is 14.5. The number of nitrogen functional groups attached to an aromatic ring is 2. The van der Waals surface area contributed by atoms with E-state index in [1.807, 2.05) is 6.07 Å². The van der Waals surface area contributed by atoms with Gasteiger partial charge >= 0.3 is 0 Å². The first-order valence-corrected chi connectivity index (χ1v) is 16.5. The third-order valence-corrected chi connectivity index (χ3v) is 10.5. The molecular weight excluding hydrogens is 660 g/mol. The van der Waals surface area contributed by atoms with Crippen molar-refractivity contribution in [3.63, 3.8) is 0 Å². The average Bonchev–Trinajstić information content (AvgIpc) is 3.50. The molecule has 52 heavy (non-hydrogen) atoms. The van der Waals surface area contributed by atoms with Gasteiger partial charge in [-0.2, -0.15) is 0 Å². The van der Waals surface area contributed by atoms with Crippen LogP contribution in [0.1, 0.15) is 63.7 Å². The van der Waals surface area contributed by atoms with Gasteiger partial charge in [-0.15, -0.1) is 0 Å². The van der Waals surface area contributed by atoms with Crippen LogP contribution >= 0.6 is 0 Å². The van der Waals surface area contributed by atoms with Gasteiger partial charge in [0.2, 0.25) is 0 Å². The molecule has 2 aliphatic heterocycles. The van der Waals surface area contributed by atoms with Gasteiger partial charge in [0.25, 0.3) is 23.6 Å². The van der Waals surface area contributed by atoms with Crippen molar-refractivity contribution in [2.75, 3.05) is 11.5 Å².